The number of aryl methyl sites for hydroxylation is 2. The minimum absolute atomic E-state index is 0.0720. The molecule has 1 amide bonds. The van der Waals surface area contributed by atoms with Crippen LogP contribution in [0.2, 0.25) is 0 Å². The van der Waals surface area contributed by atoms with Gasteiger partial charge in [0.05, 0.1) is 12.2 Å². The Morgan fingerprint density at radius 2 is 2.10 bits per heavy atom. The van der Waals surface area contributed by atoms with Crippen molar-refractivity contribution in [2.45, 2.75) is 39.7 Å². The SMILES string of the molecule is Cc1ccc(C(=O)Nc2ccnn2C(C)C2CC2)c(C)c1. The number of aromatic nitrogens is 2. The first-order valence-electron chi connectivity index (χ1n) is 7.48. The summed E-state index contributed by atoms with van der Waals surface area (Å²) in [5.41, 5.74) is 2.87. The molecule has 4 heteroatoms. The van der Waals surface area contributed by atoms with Gasteiger partial charge in [-0.2, -0.15) is 5.10 Å². The summed E-state index contributed by atoms with van der Waals surface area (Å²) in [4.78, 5) is 12.5. The molecule has 1 fully saturated rings. The van der Waals surface area contributed by atoms with Crippen LogP contribution in [0, 0.1) is 19.8 Å². The highest BCUT2D eigenvalue weighted by Gasteiger charge is 2.30. The molecule has 1 aromatic heterocycles. The van der Waals surface area contributed by atoms with Crippen LogP contribution >= 0.6 is 0 Å². The Balaban J connectivity index is 1.80. The summed E-state index contributed by atoms with van der Waals surface area (Å²) in [7, 11) is 0. The highest BCUT2D eigenvalue weighted by Crippen LogP contribution is 2.40. The molecular weight excluding hydrogens is 262 g/mol. The van der Waals surface area contributed by atoms with Crippen LogP contribution in [0.25, 0.3) is 0 Å². The number of hydrogen-bond acceptors (Lipinski definition) is 2. The number of hydrogen-bond donors (Lipinski definition) is 1. The molecule has 0 bridgehead atoms. The molecule has 1 aliphatic carbocycles. The van der Waals surface area contributed by atoms with E-state index < -0.39 is 0 Å². The summed E-state index contributed by atoms with van der Waals surface area (Å²) in [6.07, 6.45) is 4.26. The van der Waals surface area contributed by atoms with Crippen molar-refractivity contribution in [2.75, 3.05) is 5.32 Å². The maximum atomic E-state index is 12.5. The third kappa shape index (κ3) is 2.84. The molecule has 1 saturated carbocycles. The Labute approximate surface area is 125 Å². The Kier molecular flexibility index (Phi) is 3.53. The van der Waals surface area contributed by atoms with Crippen molar-refractivity contribution < 1.29 is 4.79 Å². The molecule has 1 aliphatic rings. The van der Waals surface area contributed by atoms with Gasteiger partial charge in [0.2, 0.25) is 0 Å². The average Bonchev–Trinajstić information content (AvgIpc) is 3.18. The Morgan fingerprint density at radius 1 is 1.33 bits per heavy atom. The summed E-state index contributed by atoms with van der Waals surface area (Å²) in [6, 6.07) is 8.07. The van der Waals surface area contributed by atoms with Crippen LogP contribution in [0.15, 0.2) is 30.5 Å². The van der Waals surface area contributed by atoms with Crippen LogP contribution < -0.4 is 5.32 Å². The van der Waals surface area contributed by atoms with E-state index >= 15 is 0 Å². The van der Waals surface area contributed by atoms with E-state index in [0.717, 1.165) is 16.9 Å². The third-order valence-corrected chi connectivity index (χ3v) is 4.23. The van der Waals surface area contributed by atoms with Gasteiger partial charge >= 0.3 is 0 Å². The first kappa shape index (κ1) is 13.9. The molecule has 1 aromatic carbocycles. The second-order valence-corrected chi connectivity index (χ2v) is 6.01. The molecule has 0 saturated heterocycles. The van der Waals surface area contributed by atoms with Crippen LogP contribution in [0.3, 0.4) is 0 Å². The van der Waals surface area contributed by atoms with Gasteiger partial charge in [0.25, 0.3) is 5.91 Å². The summed E-state index contributed by atoms with van der Waals surface area (Å²) in [5.74, 6) is 1.40. The summed E-state index contributed by atoms with van der Waals surface area (Å²) < 4.78 is 1.93. The first-order valence-corrected chi connectivity index (χ1v) is 7.48. The normalized spacial score (nSPS) is 15.8. The van der Waals surface area contributed by atoms with Crippen molar-refractivity contribution in [1.29, 1.82) is 0 Å². The maximum Gasteiger partial charge on any atom is 0.257 e. The topological polar surface area (TPSA) is 46.9 Å². The number of amides is 1. The molecular formula is C17H21N3O. The first-order chi connectivity index (χ1) is 10.1. The zero-order chi connectivity index (χ0) is 15.0. The van der Waals surface area contributed by atoms with Crippen LogP contribution in [0.5, 0.6) is 0 Å². The lowest BCUT2D eigenvalue weighted by Gasteiger charge is -2.16. The van der Waals surface area contributed by atoms with E-state index in [-0.39, 0.29) is 5.91 Å². The molecule has 1 atom stereocenters. The number of anilines is 1. The predicted molar refractivity (Wildman–Crippen MR) is 83.5 cm³/mol. The van der Waals surface area contributed by atoms with Crippen molar-refractivity contribution >= 4 is 11.7 Å². The molecule has 1 heterocycles. The van der Waals surface area contributed by atoms with E-state index in [1.165, 1.54) is 12.8 Å². The molecule has 1 N–H and O–H groups in total. The number of carbonyl (C=O) groups excluding carboxylic acids is 1. The monoisotopic (exact) mass is 283 g/mol. The fourth-order valence-electron chi connectivity index (χ4n) is 2.77. The summed E-state index contributed by atoms with van der Waals surface area (Å²) in [5, 5.41) is 7.35. The van der Waals surface area contributed by atoms with Crippen LogP contribution in [-0.4, -0.2) is 15.7 Å². The van der Waals surface area contributed by atoms with Gasteiger partial charge in [0.15, 0.2) is 0 Å². The fraction of sp³-hybridized carbons (Fsp3) is 0.412. The lowest BCUT2D eigenvalue weighted by atomic mass is 10.1. The number of rotatable bonds is 4. The van der Waals surface area contributed by atoms with Gasteiger partial charge in [0, 0.05) is 11.6 Å². The maximum absolute atomic E-state index is 12.5. The fourth-order valence-corrected chi connectivity index (χ4v) is 2.77. The van der Waals surface area contributed by atoms with Crippen molar-refractivity contribution in [1.82, 2.24) is 9.78 Å². The molecule has 110 valence electrons. The lowest BCUT2D eigenvalue weighted by Crippen LogP contribution is -2.19. The second kappa shape index (κ2) is 5.35. The van der Waals surface area contributed by atoms with Crippen molar-refractivity contribution in [3.8, 4) is 0 Å². The number of nitrogens with zero attached hydrogens (tertiary/aromatic N) is 2. The predicted octanol–water partition coefficient (Wildman–Crippen LogP) is 3.72. The largest absolute Gasteiger partial charge is 0.307 e. The van der Waals surface area contributed by atoms with Gasteiger partial charge in [-0.15, -0.1) is 0 Å². The summed E-state index contributed by atoms with van der Waals surface area (Å²) in [6.45, 7) is 6.16. The lowest BCUT2D eigenvalue weighted by molar-refractivity contribution is 0.102. The molecule has 21 heavy (non-hydrogen) atoms. The zero-order valence-electron chi connectivity index (χ0n) is 12.8. The van der Waals surface area contributed by atoms with E-state index in [1.54, 1.807) is 6.20 Å². The van der Waals surface area contributed by atoms with Gasteiger partial charge in [-0.1, -0.05) is 17.7 Å². The van der Waals surface area contributed by atoms with Gasteiger partial charge in [-0.25, -0.2) is 4.68 Å². The standard InChI is InChI=1S/C17H21N3O/c1-11-4-7-15(12(2)10-11)17(21)19-16-8-9-18-20(16)13(3)14-5-6-14/h4,7-10,13-14H,5-6H2,1-3H3,(H,19,21). The number of benzene rings is 1. The third-order valence-electron chi connectivity index (χ3n) is 4.23. The number of nitrogens with one attached hydrogen (secondary N) is 1. The highest BCUT2D eigenvalue weighted by molar-refractivity contribution is 6.04. The molecule has 3 rings (SSSR count). The molecule has 4 nitrogen and oxygen atoms in total. The minimum atomic E-state index is -0.0720. The van der Waals surface area contributed by atoms with Crippen molar-refractivity contribution in [2.24, 2.45) is 5.92 Å². The van der Waals surface area contributed by atoms with Crippen molar-refractivity contribution in [3.05, 3.63) is 47.2 Å². The number of carbonyl (C=O) groups is 1. The van der Waals surface area contributed by atoms with E-state index in [2.05, 4.69) is 17.3 Å². The van der Waals surface area contributed by atoms with E-state index in [0.29, 0.717) is 17.5 Å². The van der Waals surface area contributed by atoms with Crippen LogP contribution in [0.4, 0.5) is 5.82 Å². The van der Waals surface area contributed by atoms with Crippen LogP contribution in [-0.2, 0) is 0 Å². The van der Waals surface area contributed by atoms with Gasteiger partial charge in [0.1, 0.15) is 5.82 Å². The molecule has 0 spiro atoms. The minimum Gasteiger partial charge on any atom is -0.307 e. The zero-order valence-corrected chi connectivity index (χ0v) is 12.8. The Morgan fingerprint density at radius 3 is 2.76 bits per heavy atom. The Bertz CT molecular complexity index is 670. The van der Waals surface area contributed by atoms with E-state index in [1.807, 2.05) is 42.8 Å². The average molecular weight is 283 g/mol. The molecule has 2 aromatic rings. The molecule has 0 aliphatic heterocycles. The van der Waals surface area contributed by atoms with Gasteiger partial charge in [-0.3, -0.25) is 4.79 Å². The van der Waals surface area contributed by atoms with E-state index in [4.69, 9.17) is 0 Å². The summed E-state index contributed by atoms with van der Waals surface area (Å²) >= 11 is 0. The second-order valence-electron chi connectivity index (χ2n) is 6.01. The smallest absolute Gasteiger partial charge is 0.257 e. The van der Waals surface area contributed by atoms with Gasteiger partial charge < -0.3 is 5.32 Å². The highest BCUT2D eigenvalue weighted by atomic mass is 16.1. The van der Waals surface area contributed by atoms with E-state index in [9.17, 15) is 4.79 Å². The molecule has 0 radical (unpaired) electrons. The Hall–Kier alpha value is -2.10. The molecule has 1 unspecified atom stereocenters. The van der Waals surface area contributed by atoms with Crippen molar-refractivity contribution in [3.63, 3.8) is 0 Å². The van der Waals surface area contributed by atoms with Crippen LogP contribution in [0.1, 0.15) is 47.3 Å². The van der Waals surface area contributed by atoms with Gasteiger partial charge in [-0.05, 0) is 51.2 Å². The quantitative estimate of drug-likeness (QED) is 0.929.